The molecule has 0 bridgehead atoms. The Hall–Kier alpha value is -2.93. The number of aromatic nitrogens is 3. The fraction of sp³-hybridized carbons (Fsp3) is 0.238. The standard InChI is InChI=1S/C21H20N4O2S/c1-12-9-10-17-16(11-12)18-19(22-21(28-4)24-23-18)27-20(25(17)14(3)26)15-8-6-5-7-13(15)2/h5-11,20H,1-4H3/t20-/m1/s1. The number of carbonyl (C=O) groups is 1. The van der Waals surface area contributed by atoms with Crippen molar-refractivity contribution in [2.75, 3.05) is 11.2 Å². The van der Waals surface area contributed by atoms with Gasteiger partial charge in [0.05, 0.1) is 5.69 Å². The molecule has 0 spiro atoms. The summed E-state index contributed by atoms with van der Waals surface area (Å²) >= 11 is 1.39. The lowest BCUT2D eigenvalue weighted by Gasteiger charge is -2.30. The molecular weight excluding hydrogens is 372 g/mol. The molecule has 0 fully saturated rings. The average Bonchev–Trinajstić information content (AvgIpc) is 2.82. The van der Waals surface area contributed by atoms with Gasteiger partial charge < -0.3 is 4.74 Å². The third kappa shape index (κ3) is 3.11. The number of fused-ring (bicyclic) bond motifs is 3. The van der Waals surface area contributed by atoms with E-state index in [2.05, 4.69) is 15.2 Å². The fourth-order valence-electron chi connectivity index (χ4n) is 3.37. The number of ether oxygens (including phenoxy) is 1. The monoisotopic (exact) mass is 392 g/mol. The van der Waals surface area contributed by atoms with Crippen molar-refractivity contribution in [3.05, 3.63) is 59.2 Å². The molecule has 28 heavy (non-hydrogen) atoms. The van der Waals surface area contributed by atoms with Crippen molar-refractivity contribution in [1.29, 1.82) is 0 Å². The van der Waals surface area contributed by atoms with Crippen molar-refractivity contribution in [1.82, 2.24) is 15.2 Å². The van der Waals surface area contributed by atoms with E-state index in [0.717, 1.165) is 27.9 Å². The van der Waals surface area contributed by atoms with Gasteiger partial charge >= 0.3 is 0 Å². The van der Waals surface area contributed by atoms with Crippen molar-refractivity contribution in [2.24, 2.45) is 0 Å². The molecule has 4 rings (SSSR count). The number of hydrogen-bond donors (Lipinski definition) is 0. The van der Waals surface area contributed by atoms with Crippen LogP contribution in [0.25, 0.3) is 11.3 Å². The highest BCUT2D eigenvalue weighted by Crippen LogP contribution is 2.44. The van der Waals surface area contributed by atoms with Crippen LogP contribution in [0.4, 0.5) is 5.69 Å². The summed E-state index contributed by atoms with van der Waals surface area (Å²) in [4.78, 5) is 19.0. The van der Waals surface area contributed by atoms with Gasteiger partial charge in [0, 0.05) is 18.1 Å². The van der Waals surface area contributed by atoms with Gasteiger partial charge in [-0.05, 0) is 37.8 Å². The second kappa shape index (κ2) is 7.24. The van der Waals surface area contributed by atoms with E-state index < -0.39 is 6.23 Å². The van der Waals surface area contributed by atoms with Crippen molar-refractivity contribution >= 4 is 23.4 Å². The number of anilines is 1. The summed E-state index contributed by atoms with van der Waals surface area (Å²) in [5.74, 6) is 0.257. The largest absolute Gasteiger partial charge is 0.447 e. The fourth-order valence-corrected chi connectivity index (χ4v) is 3.67. The summed E-state index contributed by atoms with van der Waals surface area (Å²) in [7, 11) is 0. The van der Waals surface area contributed by atoms with E-state index in [1.165, 1.54) is 11.8 Å². The van der Waals surface area contributed by atoms with Crippen LogP contribution in [-0.4, -0.2) is 27.3 Å². The normalized spacial score (nSPS) is 15.3. The molecule has 0 unspecified atom stereocenters. The zero-order valence-corrected chi connectivity index (χ0v) is 16.9. The lowest BCUT2D eigenvalue weighted by molar-refractivity contribution is -0.118. The molecule has 2 aromatic carbocycles. The van der Waals surface area contributed by atoms with Gasteiger partial charge in [0.15, 0.2) is 5.69 Å². The molecule has 1 aliphatic rings. The Bertz CT molecular complexity index is 1070. The van der Waals surface area contributed by atoms with E-state index in [1.54, 1.807) is 11.8 Å². The number of carbonyl (C=O) groups excluding carboxylic acids is 1. The van der Waals surface area contributed by atoms with Crippen molar-refractivity contribution < 1.29 is 9.53 Å². The summed E-state index contributed by atoms with van der Waals surface area (Å²) in [5, 5.41) is 9.09. The average molecular weight is 392 g/mol. The molecule has 0 aliphatic carbocycles. The van der Waals surface area contributed by atoms with Gasteiger partial charge in [-0.25, -0.2) is 0 Å². The summed E-state index contributed by atoms with van der Waals surface area (Å²) in [5.41, 5.74) is 5.05. The minimum Gasteiger partial charge on any atom is -0.447 e. The van der Waals surface area contributed by atoms with Crippen LogP contribution in [0.3, 0.4) is 0 Å². The molecule has 0 N–H and O–H groups in total. The molecule has 1 aromatic heterocycles. The Kier molecular flexibility index (Phi) is 4.77. The first kappa shape index (κ1) is 18.4. The Labute approximate surface area is 168 Å². The second-order valence-corrected chi connectivity index (χ2v) is 7.46. The van der Waals surface area contributed by atoms with Crippen LogP contribution in [-0.2, 0) is 4.79 Å². The lowest BCUT2D eigenvalue weighted by atomic mass is 10.0. The maximum absolute atomic E-state index is 12.8. The number of thioether (sulfide) groups is 1. The van der Waals surface area contributed by atoms with Crippen LogP contribution in [0.5, 0.6) is 5.88 Å². The van der Waals surface area contributed by atoms with Crippen LogP contribution in [0, 0.1) is 13.8 Å². The Balaban J connectivity index is 2.02. The third-order valence-electron chi connectivity index (χ3n) is 4.74. The van der Waals surface area contributed by atoms with Gasteiger partial charge in [0.2, 0.25) is 23.2 Å². The number of aryl methyl sites for hydroxylation is 2. The van der Waals surface area contributed by atoms with E-state index in [4.69, 9.17) is 4.74 Å². The smallest absolute Gasteiger partial charge is 0.247 e. The molecule has 0 radical (unpaired) electrons. The minimum atomic E-state index is -0.646. The maximum Gasteiger partial charge on any atom is 0.247 e. The molecule has 1 aliphatic heterocycles. The molecule has 0 saturated carbocycles. The van der Waals surface area contributed by atoms with Crippen LogP contribution < -0.4 is 9.64 Å². The molecular formula is C21H20N4O2S. The zero-order valence-electron chi connectivity index (χ0n) is 16.1. The first-order chi connectivity index (χ1) is 13.5. The van der Waals surface area contributed by atoms with Crippen molar-refractivity contribution in [2.45, 2.75) is 32.2 Å². The van der Waals surface area contributed by atoms with E-state index >= 15 is 0 Å². The van der Waals surface area contributed by atoms with Gasteiger partial charge in [-0.2, -0.15) is 4.98 Å². The highest BCUT2D eigenvalue weighted by atomic mass is 32.2. The van der Waals surface area contributed by atoms with Crippen LogP contribution in [0.2, 0.25) is 0 Å². The highest BCUT2D eigenvalue weighted by molar-refractivity contribution is 7.98. The molecule has 3 aromatic rings. The quantitative estimate of drug-likeness (QED) is 0.605. The Morgan fingerprint density at radius 1 is 1.14 bits per heavy atom. The molecule has 1 atom stereocenters. The molecule has 6 nitrogen and oxygen atoms in total. The second-order valence-electron chi connectivity index (χ2n) is 6.69. The van der Waals surface area contributed by atoms with Crippen LogP contribution >= 0.6 is 11.8 Å². The van der Waals surface area contributed by atoms with Crippen LogP contribution in [0.1, 0.15) is 29.8 Å². The number of nitrogens with zero attached hydrogens (tertiary/aromatic N) is 4. The summed E-state index contributed by atoms with van der Waals surface area (Å²) in [6, 6.07) is 13.8. The summed E-state index contributed by atoms with van der Waals surface area (Å²) in [6.07, 6.45) is 1.24. The number of benzene rings is 2. The number of hydrogen-bond acceptors (Lipinski definition) is 6. The van der Waals surface area contributed by atoms with Gasteiger partial charge in [-0.3, -0.25) is 9.69 Å². The predicted octanol–water partition coefficient (Wildman–Crippen LogP) is 4.32. The van der Waals surface area contributed by atoms with Crippen LogP contribution in [0.15, 0.2) is 47.6 Å². The first-order valence-electron chi connectivity index (χ1n) is 8.91. The predicted molar refractivity (Wildman–Crippen MR) is 109 cm³/mol. The van der Waals surface area contributed by atoms with Gasteiger partial charge in [-0.1, -0.05) is 47.7 Å². The third-order valence-corrected chi connectivity index (χ3v) is 5.27. The molecule has 2 heterocycles. The van der Waals surface area contributed by atoms with Crippen molar-refractivity contribution in [3.63, 3.8) is 0 Å². The van der Waals surface area contributed by atoms with Gasteiger partial charge in [-0.15, -0.1) is 10.2 Å². The topological polar surface area (TPSA) is 68.2 Å². The van der Waals surface area contributed by atoms with E-state index in [9.17, 15) is 4.79 Å². The molecule has 1 amide bonds. The highest BCUT2D eigenvalue weighted by Gasteiger charge is 2.35. The number of rotatable bonds is 2. The van der Waals surface area contributed by atoms with Crippen molar-refractivity contribution in [3.8, 4) is 17.1 Å². The first-order valence-corrected chi connectivity index (χ1v) is 10.1. The molecule has 0 saturated heterocycles. The minimum absolute atomic E-state index is 0.121. The summed E-state index contributed by atoms with van der Waals surface area (Å²) in [6.45, 7) is 5.55. The molecule has 7 heteroatoms. The Morgan fingerprint density at radius 2 is 1.93 bits per heavy atom. The zero-order chi connectivity index (χ0) is 19.8. The van der Waals surface area contributed by atoms with Gasteiger partial charge in [0.1, 0.15) is 0 Å². The summed E-state index contributed by atoms with van der Waals surface area (Å²) < 4.78 is 6.34. The van der Waals surface area contributed by atoms with Gasteiger partial charge in [0.25, 0.3) is 0 Å². The van der Waals surface area contributed by atoms with E-state index in [1.807, 2.05) is 62.6 Å². The molecule has 142 valence electrons. The number of amides is 1. The SMILES string of the molecule is CSc1nnc2c(n1)O[C@H](c1ccccc1C)N(C(C)=O)c1ccc(C)cc1-2. The lowest BCUT2D eigenvalue weighted by Crippen LogP contribution is -2.36. The maximum atomic E-state index is 12.8. The van der Waals surface area contributed by atoms with E-state index in [-0.39, 0.29) is 5.91 Å². The Morgan fingerprint density at radius 3 is 2.64 bits per heavy atom. The van der Waals surface area contributed by atoms with E-state index in [0.29, 0.717) is 16.7 Å².